The molecule has 0 saturated heterocycles. The van der Waals surface area contributed by atoms with Crippen LogP contribution in [0.4, 0.5) is 5.69 Å². The fourth-order valence-corrected chi connectivity index (χ4v) is 3.01. The van der Waals surface area contributed by atoms with E-state index in [1.165, 1.54) is 7.11 Å². The summed E-state index contributed by atoms with van der Waals surface area (Å²) in [6.07, 6.45) is 3.92. The van der Waals surface area contributed by atoms with Gasteiger partial charge in [0.2, 0.25) is 5.91 Å². The summed E-state index contributed by atoms with van der Waals surface area (Å²) in [5.74, 6) is -1.09. The number of esters is 1. The van der Waals surface area contributed by atoms with Crippen molar-refractivity contribution in [3.05, 3.63) is 94.8 Å². The summed E-state index contributed by atoms with van der Waals surface area (Å²) in [4.78, 5) is 28.9. The topological polar surface area (TPSA) is 68.3 Å². The number of rotatable bonds is 6. The van der Waals surface area contributed by atoms with Gasteiger partial charge in [-0.15, -0.1) is 0 Å². The maximum Gasteiger partial charge on any atom is 0.337 e. The largest absolute Gasteiger partial charge is 0.465 e. The molecule has 1 aromatic heterocycles. The molecule has 3 aromatic rings. The number of ether oxygens (including phenoxy) is 1. The number of nitrogens with one attached hydrogen (secondary N) is 1. The number of aromatic nitrogens is 1. The zero-order valence-electron chi connectivity index (χ0n) is 15.3. The van der Waals surface area contributed by atoms with Crippen LogP contribution in [0.2, 0.25) is 5.02 Å². The maximum atomic E-state index is 13.1. The Morgan fingerprint density at radius 2 is 1.89 bits per heavy atom. The number of nitrogens with zero attached hydrogens (tertiary/aromatic N) is 1. The fourth-order valence-electron chi connectivity index (χ4n) is 2.88. The smallest absolute Gasteiger partial charge is 0.337 e. The number of amides is 1. The van der Waals surface area contributed by atoms with E-state index in [0.29, 0.717) is 22.7 Å². The Morgan fingerprint density at radius 3 is 2.57 bits per heavy atom. The van der Waals surface area contributed by atoms with Crippen molar-refractivity contribution < 1.29 is 14.3 Å². The van der Waals surface area contributed by atoms with Crippen LogP contribution >= 0.6 is 11.6 Å². The number of methoxy groups -OCH3 is 1. The van der Waals surface area contributed by atoms with Gasteiger partial charge in [0.05, 0.1) is 18.6 Å². The van der Waals surface area contributed by atoms with E-state index < -0.39 is 11.9 Å². The Hall–Kier alpha value is -3.18. The standard InChI is InChI=1S/C22H19ClN2O3/c1-28-22(27)17-5-2-6-19(13-17)25-21(26)20(12-15-4-3-11-24-14-15)16-7-9-18(23)10-8-16/h2-11,13-14,20H,12H2,1H3,(H,25,26). The van der Waals surface area contributed by atoms with Gasteiger partial charge in [-0.05, 0) is 53.9 Å². The Morgan fingerprint density at radius 1 is 1.11 bits per heavy atom. The minimum absolute atomic E-state index is 0.187. The molecule has 1 heterocycles. The highest BCUT2D eigenvalue weighted by molar-refractivity contribution is 6.30. The molecule has 1 amide bonds. The van der Waals surface area contributed by atoms with Gasteiger partial charge in [-0.1, -0.05) is 35.9 Å². The van der Waals surface area contributed by atoms with Crippen LogP contribution in [-0.4, -0.2) is 24.0 Å². The maximum absolute atomic E-state index is 13.1. The SMILES string of the molecule is COC(=O)c1cccc(NC(=O)C(Cc2cccnc2)c2ccc(Cl)cc2)c1. The molecule has 0 bridgehead atoms. The van der Waals surface area contributed by atoms with Gasteiger partial charge in [0, 0.05) is 23.1 Å². The van der Waals surface area contributed by atoms with Crippen molar-refractivity contribution in [3.8, 4) is 0 Å². The summed E-state index contributed by atoms with van der Waals surface area (Å²) >= 11 is 5.99. The van der Waals surface area contributed by atoms with E-state index in [0.717, 1.165) is 11.1 Å². The number of hydrogen-bond acceptors (Lipinski definition) is 4. The molecule has 0 aliphatic carbocycles. The van der Waals surface area contributed by atoms with E-state index in [-0.39, 0.29) is 5.91 Å². The van der Waals surface area contributed by atoms with E-state index >= 15 is 0 Å². The first kappa shape index (κ1) is 19.6. The van der Waals surface area contributed by atoms with Gasteiger partial charge in [-0.2, -0.15) is 0 Å². The average Bonchev–Trinajstić information content (AvgIpc) is 2.73. The van der Waals surface area contributed by atoms with Crippen molar-refractivity contribution in [2.45, 2.75) is 12.3 Å². The normalized spacial score (nSPS) is 11.5. The van der Waals surface area contributed by atoms with Crippen LogP contribution in [-0.2, 0) is 16.0 Å². The predicted molar refractivity (Wildman–Crippen MR) is 109 cm³/mol. The minimum Gasteiger partial charge on any atom is -0.465 e. The summed E-state index contributed by atoms with van der Waals surface area (Å²) in [5.41, 5.74) is 2.68. The summed E-state index contributed by atoms with van der Waals surface area (Å²) in [5, 5.41) is 3.50. The number of pyridine rings is 1. The van der Waals surface area contributed by atoms with Gasteiger partial charge in [0.1, 0.15) is 0 Å². The van der Waals surface area contributed by atoms with Crippen molar-refractivity contribution in [1.29, 1.82) is 0 Å². The second kappa shape index (κ2) is 9.15. The van der Waals surface area contributed by atoms with E-state index in [1.807, 2.05) is 24.3 Å². The van der Waals surface area contributed by atoms with Crippen LogP contribution in [0.15, 0.2) is 73.1 Å². The molecule has 2 aromatic carbocycles. The molecule has 6 heteroatoms. The second-order valence-corrected chi connectivity index (χ2v) is 6.67. The van der Waals surface area contributed by atoms with Gasteiger partial charge in [0.25, 0.3) is 0 Å². The predicted octanol–water partition coefficient (Wildman–Crippen LogP) is 4.49. The zero-order valence-corrected chi connectivity index (χ0v) is 16.0. The van der Waals surface area contributed by atoms with Crippen molar-refractivity contribution in [3.63, 3.8) is 0 Å². The van der Waals surface area contributed by atoms with Crippen LogP contribution in [0.25, 0.3) is 0 Å². The molecule has 5 nitrogen and oxygen atoms in total. The molecule has 0 spiro atoms. The third-order valence-corrected chi connectivity index (χ3v) is 4.55. The molecular weight excluding hydrogens is 376 g/mol. The molecule has 28 heavy (non-hydrogen) atoms. The summed E-state index contributed by atoms with van der Waals surface area (Å²) in [6, 6.07) is 17.6. The molecule has 1 N–H and O–H groups in total. The van der Waals surface area contributed by atoms with E-state index in [1.54, 1.807) is 48.8 Å². The molecule has 1 atom stereocenters. The van der Waals surface area contributed by atoms with Crippen LogP contribution in [0.1, 0.15) is 27.4 Å². The lowest BCUT2D eigenvalue weighted by Crippen LogP contribution is -2.23. The first-order chi connectivity index (χ1) is 13.6. The first-order valence-electron chi connectivity index (χ1n) is 8.70. The average molecular weight is 395 g/mol. The van der Waals surface area contributed by atoms with Crippen LogP contribution in [0.5, 0.6) is 0 Å². The summed E-state index contributed by atoms with van der Waals surface area (Å²) in [6.45, 7) is 0. The van der Waals surface area contributed by atoms with E-state index in [2.05, 4.69) is 10.3 Å². The number of anilines is 1. The van der Waals surface area contributed by atoms with Crippen molar-refractivity contribution in [2.75, 3.05) is 12.4 Å². The van der Waals surface area contributed by atoms with Crippen LogP contribution in [0.3, 0.4) is 0 Å². The van der Waals surface area contributed by atoms with E-state index in [9.17, 15) is 9.59 Å². The third-order valence-electron chi connectivity index (χ3n) is 4.30. The molecule has 142 valence electrons. The minimum atomic E-state index is -0.458. The Kier molecular flexibility index (Phi) is 6.40. The molecule has 0 radical (unpaired) electrons. The number of benzene rings is 2. The monoisotopic (exact) mass is 394 g/mol. The third kappa shape index (κ3) is 4.96. The first-order valence-corrected chi connectivity index (χ1v) is 9.08. The number of carbonyl (C=O) groups is 2. The zero-order chi connectivity index (χ0) is 19.9. The molecule has 0 aliphatic heterocycles. The Labute approximate surface area is 168 Å². The van der Waals surface area contributed by atoms with Gasteiger partial charge < -0.3 is 10.1 Å². The molecule has 3 rings (SSSR count). The lowest BCUT2D eigenvalue weighted by Gasteiger charge is -2.18. The van der Waals surface area contributed by atoms with Crippen molar-refractivity contribution in [1.82, 2.24) is 4.98 Å². The summed E-state index contributed by atoms with van der Waals surface area (Å²) in [7, 11) is 1.32. The lowest BCUT2D eigenvalue weighted by molar-refractivity contribution is -0.117. The Balaban J connectivity index is 1.86. The highest BCUT2D eigenvalue weighted by Gasteiger charge is 2.22. The van der Waals surface area contributed by atoms with Crippen LogP contribution in [0, 0.1) is 0 Å². The molecule has 0 saturated carbocycles. The summed E-state index contributed by atoms with van der Waals surface area (Å²) < 4.78 is 4.73. The quantitative estimate of drug-likeness (QED) is 0.625. The highest BCUT2D eigenvalue weighted by Crippen LogP contribution is 2.25. The van der Waals surface area contributed by atoms with Crippen molar-refractivity contribution in [2.24, 2.45) is 0 Å². The van der Waals surface area contributed by atoms with Crippen molar-refractivity contribution >= 4 is 29.2 Å². The molecule has 0 fully saturated rings. The number of halogens is 1. The Bertz CT molecular complexity index is 959. The lowest BCUT2D eigenvalue weighted by atomic mass is 9.91. The fraction of sp³-hybridized carbons (Fsp3) is 0.136. The van der Waals surface area contributed by atoms with Gasteiger partial charge in [-0.3, -0.25) is 9.78 Å². The van der Waals surface area contributed by atoms with Gasteiger partial charge in [0.15, 0.2) is 0 Å². The van der Waals surface area contributed by atoms with Gasteiger partial charge in [-0.25, -0.2) is 4.79 Å². The molecule has 0 aliphatic rings. The number of carbonyl (C=O) groups excluding carboxylic acids is 2. The number of hydrogen-bond donors (Lipinski definition) is 1. The highest BCUT2D eigenvalue weighted by atomic mass is 35.5. The second-order valence-electron chi connectivity index (χ2n) is 6.23. The van der Waals surface area contributed by atoms with Crippen LogP contribution < -0.4 is 5.32 Å². The molecular formula is C22H19ClN2O3. The van der Waals surface area contributed by atoms with E-state index in [4.69, 9.17) is 16.3 Å². The molecule has 1 unspecified atom stereocenters. The van der Waals surface area contributed by atoms with Gasteiger partial charge >= 0.3 is 5.97 Å².